The maximum atomic E-state index is 12.1. The zero-order chi connectivity index (χ0) is 16.2. The summed E-state index contributed by atoms with van der Waals surface area (Å²) in [6.07, 6.45) is 7.42. The SMILES string of the molecule is C=CCn1c(S[C@H](C)C(=O)NC2CC2)nnc1-c1ccncc1. The Balaban J connectivity index is 1.80. The van der Waals surface area contributed by atoms with Crippen LogP contribution in [0, 0.1) is 0 Å². The molecule has 0 radical (unpaired) electrons. The zero-order valence-corrected chi connectivity index (χ0v) is 13.8. The second kappa shape index (κ2) is 6.95. The molecule has 1 aliphatic rings. The van der Waals surface area contributed by atoms with Crippen molar-refractivity contribution in [2.24, 2.45) is 0 Å². The second-order valence-electron chi connectivity index (χ2n) is 5.48. The average molecular weight is 329 g/mol. The Morgan fingerprint density at radius 1 is 1.48 bits per heavy atom. The van der Waals surface area contributed by atoms with E-state index in [0.29, 0.717) is 12.6 Å². The highest BCUT2D eigenvalue weighted by Crippen LogP contribution is 2.27. The van der Waals surface area contributed by atoms with Crippen LogP contribution >= 0.6 is 11.8 Å². The highest BCUT2D eigenvalue weighted by atomic mass is 32.2. The van der Waals surface area contributed by atoms with Crippen LogP contribution in [0.4, 0.5) is 0 Å². The molecule has 23 heavy (non-hydrogen) atoms. The van der Waals surface area contributed by atoms with E-state index in [4.69, 9.17) is 0 Å². The first-order valence-corrected chi connectivity index (χ1v) is 8.48. The predicted octanol–water partition coefficient (Wildman–Crippen LogP) is 2.29. The van der Waals surface area contributed by atoms with Crippen molar-refractivity contribution >= 4 is 17.7 Å². The van der Waals surface area contributed by atoms with E-state index in [1.165, 1.54) is 11.8 Å². The van der Waals surface area contributed by atoms with Crippen molar-refractivity contribution in [2.45, 2.75) is 42.8 Å². The Kier molecular flexibility index (Phi) is 4.76. The number of carbonyl (C=O) groups excluding carboxylic acids is 1. The Morgan fingerprint density at radius 3 is 2.87 bits per heavy atom. The fraction of sp³-hybridized carbons (Fsp3) is 0.375. The summed E-state index contributed by atoms with van der Waals surface area (Å²) in [7, 11) is 0. The van der Waals surface area contributed by atoms with Crippen LogP contribution in [-0.4, -0.2) is 36.9 Å². The van der Waals surface area contributed by atoms with Gasteiger partial charge >= 0.3 is 0 Å². The van der Waals surface area contributed by atoms with Crippen molar-refractivity contribution in [2.75, 3.05) is 0 Å². The summed E-state index contributed by atoms with van der Waals surface area (Å²) in [5, 5.41) is 12.1. The standard InChI is InChI=1S/C16H19N5OS/c1-3-10-21-14(12-6-8-17-9-7-12)19-20-16(21)23-11(2)15(22)18-13-4-5-13/h3,6-9,11,13H,1,4-5,10H2,2H3,(H,18,22)/t11-/m1/s1. The molecule has 1 aliphatic carbocycles. The van der Waals surface area contributed by atoms with E-state index in [1.54, 1.807) is 18.5 Å². The number of amides is 1. The van der Waals surface area contributed by atoms with Gasteiger partial charge in [-0.05, 0) is 31.9 Å². The molecule has 1 atom stereocenters. The van der Waals surface area contributed by atoms with Crippen LogP contribution in [0.2, 0.25) is 0 Å². The number of aromatic nitrogens is 4. The van der Waals surface area contributed by atoms with Crippen molar-refractivity contribution in [1.82, 2.24) is 25.1 Å². The van der Waals surface area contributed by atoms with Gasteiger partial charge in [0.15, 0.2) is 11.0 Å². The summed E-state index contributed by atoms with van der Waals surface area (Å²) < 4.78 is 1.97. The van der Waals surface area contributed by atoms with Gasteiger partial charge in [0.2, 0.25) is 5.91 Å². The number of pyridine rings is 1. The largest absolute Gasteiger partial charge is 0.352 e. The molecule has 0 spiro atoms. The van der Waals surface area contributed by atoms with Crippen molar-refractivity contribution < 1.29 is 4.79 Å². The number of hydrogen-bond acceptors (Lipinski definition) is 5. The monoisotopic (exact) mass is 329 g/mol. The fourth-order valence-corrected chi connectivity index (χ4v) is 3.01. The van der Waals surface area contributed by atoms with Gasteiger partial charge < -0.3 is 5.32 Å². The summed E-state index contributed by atoms with van der Waals surface area (Å²) in [4.78, 5) is 16.1. The predicted molar refractivity (Wildman–Crippen MR) is 89.9 cm³/mol. The van der Waals surface area contributed by atoms with Gasteiger partial charge in [-0.3, -0.25) is 14.3 Å². The average Bonchev–Trinajstić information content (AvgIpc) is 3.29. The van der Waals surface area contributed by atoms with Crippen molar-refractivity contribution in [1.29, 1.82) is 0 Å². The molecule has 1 fully saturated rings. The molecule has 3 rings (SSSR count). The minimum atomic E-state index is -0.214. The number of carbonyl (C=O) groups is 1. The Hall–Kier alpha value is -2.15. The number of rotatable bonds is 7. The maximum Gasteiger partial charge on any atom is 0.233 e. The lowest BCUT2D eigenvalue weighted by Gasteiger charge is -2.12. The molecule has 1 amide bonds. The zero-order valence-electron chi connectivity index (χ0n) is 13.0. The van der Waals surface area contributed by atoms with E-state index in [1.807, 2.05) is 23.6 Å². The van der Waals surface area contributed by atoms with Gasteiger partial charge in [-0.15, -0.1) is 16.8 Å². The third kappa shape index (κ3) is 3.79. The topological polar surface area (TPSA) is 72.7 Å². The molecule has 0 aromatic carbocycles. The molecule has 0 aliphatic heterocycles. The molecule has 0 unspecified atom stereocenters. The van der Waals surface area contributed by atoms with E-state index in [2.05, 4.69) is 27.1 Å². The Bertz CT molecular complexity index is 696. The van der Waals surface area contributed by atoms with Crippen molar-refractivity contribution in [3.8, 4) is 11.4 Å². The van der Waals surface area contributed by atoms with Gasteiger partial charge in [-0.1, -0.05) is 17.8 Å². The molecule has 0 saturated heterocycles. The molecule has 2 aromatic heterocycles. The van der Waals surface area contributed by atoms with Crippen LogP contribution in [0.1, 0.15) is 19.8 Å². The smallest absolute Gasteiger partial charge is 0.233 e. The Morgan fingerprint density at radius 2 is 2.22 bits per heavy atom. The van der Waals surface area contributed by atoms with Gasteiger partial charge in [0, 0.05) is 30.5 Å². The van der Waals surface area contributed by atoms with Crippen LogP contribution < -0.4 is 5.32 Å². The molecule has 2 aromatic rings. The van der Waals surface area contributed by atoms with Crippen LogP contribution in [0.15, 0.2) is 42.3 Å². The summed E-state index contributed by atoms with van der Waals surface area (Å²) in [6, 6.07) is 4.15. The molecule has 2 heterocycles. The number of hydrogen-bond donors (Lipinski definition) is 1. The van der Waals surface area contributed by atoms with Crippen LogP contribution in [0.5, 0.6) is 0 Å². The van der Waals surface area contributed by atoms with Gasteiger partial charge in [0.05, 0.1) is 5.25 Å². The second-order valence-corrected chi connectivity index (χ2v) is 6.79. The normalized spacial score (nSPS) is 15.2. The fourth-order valence-electron chi connectivity index (χ4n) is 2.14. The third-order valence-corrected chi connectivity index (χ3v) is 4.62. The lowest BCUT2D eigenvalue weighted by Crippen LogP contribution is -2.32. The van der Waals surface area contributed by atoms with E-state index in [9.17, 15) is 4.79 Å². The molecule has 120 valence electrons. The molecule has 6 nitrogen and oxygen atoms in total. The van der Waals surface area contributed by atoms with Crippen LogP contribution in [0.25, 0.3) is 11.4 Å². The molecular formula is C16H19N5OS. The first kappa shape index (κ1) is 15.7. The summed E-state index contributed by atoms with van der Waals surface area (Å²) in [5.74, 6) is 0.806. The minimum absolute atomic E-state index is 0.0520. The summed E-state index contributed by atoms with van der Waals surface area (Å²) in [6.45, 7) is 6.27. The van der Waals surface area contributed by atoms with Crippen molar-refractivity contribution in [3.05, 3.63) is 37.2 Å². The minimum Gasteiger partial charge on any atom is -0.352 e. The van der Waals surface area contributed by atoms with Gasteiger partial charge in [-0.2, -0.15) is 0 Å². The number of nitrogens with zero attached hydrogens (tertiary/aromatic N) is 4. The number of allylic oxidation sites excluding steroid dienone is 1. The summed E-state index contributed by atoms with van der Waals surface area (Å²) >= 11 is 1.42. The number of thioether (sulfide) groups is 1. The van der Waals surface area contributed by atoms with E-state index < -0.39 is 0 Å². The molecule has 1 N–H and O–H groups in total. The molecule has 0 bridgehead atoms. The summed E-state index contributed by atoms with van der Waals surface area (Å²) in [5.41, 5.74) is 0.941. The van der Waals surface area contributed by atoms with E-state index in [-0.39, 0.29) is 11.2 Å². The van der Waals surface area contributed by atoms with Gasteiger partial charge in [0.25, 0.3) is 0 Å². The lowest BCUT2D eigenvalue weighted by atomic mass is 10.2. The lowest BCUT2D eigenvalue weighted by molar-refractivity contribution is -0.120. The first-order chi connectivity index (χ1) is 11.2. The van der Waals surface area contributed by atoms with Crippen LogP contribution in [0.3, 0.4) is 0 Å². The molecule has 7 heteroatoms. The van der Waals surface area contributed by atoms with E-state index >= 15 is 0 Å². The molecule has 1 saturated carbocycles. The van der Waals surface area contributed by atoms with Crippen molar-refractivity contribution in [3.63, 3.8) is 0 Å². The highest BCUT2D eigenvalue weighted by molar-refractivity contribution is 8.00. The quantitative estimate of drug-likeness (QED) is 0.623. The third-order valence-electron chi connectivity index (χ3n) is 3.54. The van der Waals surface area contributed by atoms with Crippen LogP contribution in [-0.2, 0) is 11.3 Å². The number of nitrogens with one attached hydrogen (secondary N) is 1. The maximum absolute atomic E-state index is 12.1. The highest BCUT2D eigenvalue weighted by Gasteiger charge is 2.27. The van der Waals surface area contributed by atoms with Gasteiger partial charge in [0.1, 0.15) is 0 Å². The Labute approximate surface area is 139 Å². The molecular weight excluding hydrogens is 310 g/mol. The van der Waals surface area contributed by atoms with E-state index in [0.717, 1.165) is 29.4 Å². The van der Waals surface area contributed by atoms with Gasteiger partial charge in [-0.25, -0.2) is 0 Å². The first-order valence-electron chi connectivity index (χ1n) is 7.60.